The van der Waals surface area contributed by atoms with Crippen LogP contribution in [0.4, 0.5) is 4.79 Å². The zero-order chi connectivity index (χ0) is 19.8. The second kappa shape index (κ2) is 7.62. The Kier molecular flexibility index (Phi) is 5.78. The van der Waals surface area contributed by atoms with E-state index in [1.165, 1.54) is 0 Å². The standard InChI is InChI=1S/C19H34BN3O4/c1-18(2)19(3,4)27-20(26-18)15-7-10-23(11-8-15)17(25)21-13-14-6-9-22(5)16(24)12-14/h14-15H,6-13H2,1-5H3,(H,21,25). The quantitative estimate of drug-likeness (QED) is 0.763. The number of hydrogen-bond acceptors (Lipinski definition) is 4. The summed E-state index contributed by atoms with van der Waals surface area (Å²) in [7, 11) is 1.65. The van der Waals surface area contributed by atoms with E-state index in [2.05, 4.69) is 33.0 Å². The van der Waals surface area contributed by atoms with E-state index in [4.69, 9.17) is 9.31 Å². The predicted molar refractivity (Wildman–Crippen MR) is 104 cm³/mol. The third-order valence-corrected chi connectivity index (χ3v) is 6.79. The lowest BCUT2D eigenvalue weighted by Gasteiger charge is -2.34. The molecule has 0 aromatic carbocycles. The molecule has 3 fully saturated rings. The Morgan fingerprint density at radius 1 is 1.11 bits per heavy atom. The molecular weight excluding hydrogens is 345 g/mol. The summed E-state index contributed by atoms with van der Waals surface area (Å²) in [6, 6.07) is -0.0197. The minimum absolute atomic E-state index is 0.0197. The maximum absolute atomic E-state index is 12.5. The Labute approximate surface area is 163 Å². The molecule has 3 amide bonds. The van der Waals surface area contributed by atoms with Gasteiger partial charge in [0, 0.05) is 39.6 Å². The van der Waals surface area contributed by atoms with Crippen LogP contribution in [0.1, 0.15) is 53.4 Å². The summed E-state index contributed by atoms with van der Waals surface area (Å²) in [5.41, 5.74) is -0.616. The number of carbonyl (C=O) groups excluding carboxylic acids is 2. The number of likely N-dealkylation sites (tertiary alicyclic amines) is 2. The van der Waals surface area contributed by atoms with Gasteiger partial charge in [-0.15, -0.1) is 0 Å². The molecule has 3 aliphatic heterocycles. The van der Waals surface area contributed by atoms with Crippen molar-refractivity contribution in [1.29, 1.82) is 0 Å². The molecule has 3 saturated heterocycles. The van der Waals surface area contributed by atoms with Gasteiger partial charge in [-0.1, -0.05) is 0 Å². The fourth-order valence-electron chi connectivity index (χ4n) is 3.98. The van der Waals surface area contributed by atoms with Gasteiger partial charge in [-0.25, -0.2) is 4.79 Å². The fourth-order valence-corrected chi connectivity index (χ4v) is 3.98. The minimum atomic E-state index is -0.308. The third kappa shape index (κ3) is 4.42. The number of piperidine rings is 2. The summed E-state index contributed by atoms with van der Waals surface area (Å²) < 4.78 is 12.3. The topological polar surface area (TPSA) is 71.1 Å². The molecule has 1 N–H and O–H groups in total. The average molecular weight is 379 g/mol. The van der Waals surface area contributed by atoms with E-state index in [-0.39, 0.29) is 36.2 Å². The molecule has 0 saturated carbocycles. The second-order valence-electron chi connectivity index (χ2n) is 9.31. The largest absolute Gasteiger partial charge is 0.461 e. The number of carbonyl (C=O) groups is 2. The van der Waals surface area contributed by atoms with E-state index in [1.54, 1.807) is 4.90 Å². The van der Waals surface area contributed by atoms with Crippen molar-refractivity contribution in [3.05, 3.63) is 0 Å². The van der Waals surface area contributed by atoms with Gasteiger partial charge in [-0.05, 0) is 58.7 Å². The van der Waals surface area contributed by atoms with Crippen molar-refractivity contribution in [2.24, 2.45) is 5.92 Å². The molecule has 1 unspecified atom stereocenters. The predicted octanol–water partition coefficient (Wildman–Crippen LogP) is 2.12. The summed E-state index contributed by atoms with van der Waals surface area (Å²) in [6.07, 6.45) is 3.25. The van der Waals surface area contributed by atoms with Crippen LogP contribution < -0.4 is 5.32 Å². The van der Waals surface area contributed by atoms with Crippen molar-refractivity contribution in [1.82, 2.24) is 15.1 Å². The van der Waals surface area contributed by atoms with Crippen LogP contribution in [0.25, 0.3) is 0 Å². The highest BCUT2D eigenvalue weighted by Crippen LogP contribution is 2.42. The van der Waals surface area contributed by atoms with Crippen LogP contribution in [0.3, 0.4) is 0 Å². The molecular formula is C19H34BN3O4. The highest BCUT2D eigenvalue weighted by Gasteiger charge is 2.53. The Balaban J connectivity index is 1.41. The molecule has 3 rings (SSSR count). The molecule has 27 heavy (non-hydrogen) atoms. The lowest BCUT2D eigenvalue weighted by molar-refractivity contribution is -0.133. The maximum atomic E-state index is 12.5. The van der Waals surface area contributed by atoms with Gasteiger partial charge in [0.2, 0.25) is 5.91 Å². The van der Waals surface area contributed by atoms with Crippen LogP contribution in [0.15, 0.2) is 0 Å². The summed E-state index contributed by atoms with van der Waals surface area (Å²) >= 11 is 0. The van der Waals surface area contributed by atoms with E-state index >= 15 is 0 Å². The van der Waals surface area contributed by atoms with Crippen molar-refractivity contribution in [3.8, 4) is 0 Å². The highest BCUT2D eigenvalue weighted by molar-refractivity contribution is 6.47. The molecule has 0 radical (unpaired) electrons. The second-order valence-corrected chi connectivity index (χ2v) is 9.31. The normalized spacial score (nSPS) is 28.6. The number of rotatable bonds is 3. The molecule has 0 bridgehead atoms. The van der Waals surface area contributed by atoms with Crippen molar-refractivity contribution in [2.75, 3.05) is 33.2 Å². The van der Waals surface area contributed by atoms with Crippen molar-refractivity contribution >= 4 is 19.1 Å². The van der Waals surface area contributed by atoms with Crippen LogP contribution in [-0.4, -0.2) is 73.3 Å². The number of amides is 3. The number of hydrogen-bond donors (Lipinski definition) is 1. The molecule has 0 aliphatic carbocycles. The summed E-state index contributed by atoms with van der Waals surface area (Å²) in [4.78, 5) is 27.9. The molecule has 8 heteroatoms. The van der Waals surface area contributed by atoms with Gasteiger partial charge >= 0.3 is 13.1 Å². The van der Waals surface area contributed by atoms with Crippen LogP contribution >= 0.6 is 0 Å². The molecule has 3 heterocycles. The van der Waals surface area contributed by atoms with Crippen LogP contribution in [0.2, 0.25) is 5.82 Å². The Morgan fingerprint density at radius 2 is 1.70 bits per heavy atom. The average Bonchev–Trinajstić information content (AvgIpc) is 2.83. The Bertz CT molecular complexity index is 559. The van der Waals surface area contributed by atoms with Crippen LogP contribution in [-0.2, 0) is 14.1 Å². The van der Waals surface area contributed by atoms with E-state index in [9.17, 15) is 9.59 Å². The van der Waals surface area contributed by atoms with E-state index in [0.29, 0.717) is 31.9 Å². The summed E-state index contributed by atoms with van der Waals surface area (Å²) in [6.45, 7) is 11.1. The van der Waals surface area contributed by atoms with Crippen LogP contribution in [0.5, 0.6) is 0 Å². The summed E-state index contributed by atoms with van der Waals surface area (Å²) in [5.74, 6) is 0.741. The van der Waals surface area contributed by atoms with Crippen molar-refractivity contribution in [3.63, 3.8) is 0 Å². The SMILES string of the molecule is CN1CCC(CNC(=O)N2CCC(B3OC(C)(C)C(C)(C)O3)CC2)CC1=O. The molecule has 152 valence electrons. The first kappa shape index (κ1) is 20.5. The molecule has 3 aliphatic rings. The van der Waals surface area contributed by atoms with Gasteiger partial charge in [0.1, 0.15) is 0 Å². The lowest BCUT2D eigenvalue weighted by Crippen LogP contribution is -2.48. The van der Waals surface area contributed by atoms with Crippen molar-refractivity contribution < 1.29 is 18.9 Å². The van der Waals surface area contributed by atoms with Gasteiger partial charge in [0.25, 0.3) is 0 Å². The first-order valence-corrected chi connectivity index (χ1v) is 10.2. The molecule has 1 atom stereocenters. The highest BCUT2D eigenvalue weighted by atomic mass is 16.7. The lowest BCUT2D eigenvalue weighted by atomic mass is 9.67. The van der Waals surface area contributed by atoms with E-state index in [1.807, 2.05) is 11.9 Å². The summed E-state index contributed by atoms with van der Waals surface area (Å²) in [5, 5.41) is 3.02. The fraction of sp³-hybridized carbons (Fsp3) is 0.895. The van der Waals surface area contributed by atoms with E-state index in [0.717, 1.165) is 25.8 Å². The molecule has 7 nitrogen and oxygen atoms in total. The molecule has 0 aromatic rings. The monoisotopic (exact) mass is 379 g/mol. The zero-order valence-corrected chi connectivity index (χ0v) is 17.4. The van der Waals surface area contributed by atoms with Gasteiger partial charge in [0.05, 0.1) is 11.2 Å². The maximum Gasteiger partial charge on any atom is 0.461 e. The number of nitrogens with zero attached hydrogens (tertiary/aromatic N) is 2. The van der Waals surface area contributed by atoms with Gasteiger partial charge < -0.3 is 24.4 Å². The van der Waals surface area contributed by atoms with Gasteiger partial charge in [0.15, 0.2) is 0 Å². The molecule has 0 aromatic heterocycles. The Hall–Kier alpha value is -1.28. The third-order valence-electron chi connectivity index (χ3n) is 6.79. The van der Waals surface area contributed by atoms with Gasteiger partial charge in [-0.3, -0.25) is 4.79 Å². The number of urea groups is 1. The van der Waals surface area contributed by atoms with Crippen LogP contribution in [0, 0.1) is 5.92 Å². The smallest absolute Gasteiger partial charge is 0.403 e. The Morgan fingerprint density at radius 3 is 2.26 bits per heavy atom. The van der Waals surface area contributed by atoms with E-state index < -0.39 is 0 Å². The minimum Gasteiger partial charge on any atom is -0.403 e. The molecule has 0 spiro atoms. The first-order chi connectivity index (χ1) is 12.6. The number of nitrogens with one attached hydrogen (secondary N) is 1. The zero-order valence-electron chi connectivity index (χ0n) is 17.4. The first-order valence-electron chi connectivity index (χ1n) is 10.2. The van der Waals surface area contributed by atoms with Crippen molar-refractivity contribution in [2.45, 2.75) is 70.4 Å². The van der Waals surface area contributed by atoms with Gasteiger partial charge in [-0.2, -0.15) is 0 Å².